The van der Waals surface area contributed by atoms with Crippen molar-refractivity contribution in [3.05, 3.63) is 35.4 Å². The summed E-state index contributed by atoms with van der Waals surface area (Å²) in [4.78, 5) is 3.90. The predicted octanol–water partition coefficient (Wildman–Crippen LogP) is 2.53. The first-order valence-corrected chi connectivity index (χ1v) is 10.3. The average Bonchev–Trinajstić information content (AvgIpc) is 3.31. The van der Waals surface area contributed by atoms with Crippen molar-refractivity contribution < 1.29 is 18.9 Å². The number of tetrazole rings is 1. The van der Waals surface area contributed by atoms with Crippen molar-refractivity contribution in [3.63, 3.8) is 0 Å². The van der Waals surface area contributed by atoms with Gasteiger partial charge in [0.2, 0.25) is 5.82 Å². The highest BCUT2D eigenvalue weighted by molar-refractivity contribution is 5.75. The predicted molar refractivity (Wildman–Crippen MR) is 119 cm³/mol. The van der Waals surface area contributed by atoms with Crippen LogP contribution in [0.4, 0.5) is 5.69 Å². The Labute approximate surface area is 186 Å². The minimum Gasteiger partial charge on any atom is -0.493 e. The monoisotopic (exact) mass is 440 g/mol. The summed E-state index contributed by atoms with van der Waals surface area (Å²) >= 11 is 0. The number of methoxy groups -OCH3 is 4. The number of benzene rings is 2. The van der Waals surface area contributed by atoms with Gasteiger partial charge in [-0.05, 0) is 47.9 Å². The van der Waals surface area contributed by atoms with Gasteiger partial charge in [0.15, 0.2) is 23.0 Å². The molecule has 0 aliphatic carbocycles. The molecule has 1 unspecified atom stereocenters. The van der Waals surface area contributed by atoms with E-state index in [1.165, 1.54) is 11.1 Å². The van der Waals surface area contributed by atoms with Crippen LogP contribution in [-0.2, 0) is 13.0 Å². The molecule has 0 radical (unpaired) electrons. The van der Waals surface area contributed by atoms with E-state index in [2.05, 4.69) is 33.3 Å². The zero-order chi connectivity index (χ0) is 22.8. The summed E-state index contributed by atoms with van der Waals surface area (Å²) in [6.07, 6.45) is 0.795. The number of aromatic nitrogens is 4. The third kappa shape index (κ3) is 3.89. The second kappa shape index (κ2) is 8.91. The van der Waals surface area contributed by atoms with Gasteiger partial charge in [-0.1, -0.05) is 0 Å². The highest BCUT2D eigenvalue weighted by Crippen LogP contribution is 2.37. The number of hydrogen-bond donors (Lipinski definition) is 1. The molecule has 10 nitrogen and oxygen atoms in total. The van der Waals surface area contributed by atoms with Crippen molar-refractivity contribution in [2.24, 2.45) is 0 Å². The maximum absolute atomic E-state index is 6.20. The van der Waals surface area contributed by atoms with E-state index in [-0.39, 0.29) is 6.17 Å². The molecule has 1 aliphatic rings. The lowest BCUT2D eigenvalue weighted by molar-refractivity contribution is 0.112. The highest BCUT2D eigenvalue weighted by atomic mass is 16.5. The van der Waals surface area contributed by atoms with Gasteiger partial charge >= 0.3 is 0 Å². The summed E-state index contributed by atoms with van der Waals surface area (Å²) in [7, 11) is 6.44. The first kappa shape index (κ1) is 21.7. The van der Waals surface area contributed by atoms with Crippen LogP contribution >= 0.6 is 0 Å². The molecule has 2 N–H and O–H groups in total. The maximum Gasteiger partial charge on any atom is 0.207 e. The van der Waals surface area contributed by atoms with Crippen LogP contribution in [0.25, 0.3) is 11.4 Å². The number of fused-ring (bicyclic) bond motifs is 1. The van der Waals surface area contributed by atoms with Gasteiger partial charge in [-0.2, -0.15) is 0 Å². The second-order valence-electron chi connectivity index (χ2n) is 7.56. The summed E-state index contributed by atoms with van der Waals surface area (Å²) in [5.74, 6) is 3.01. The molecule has 2 heterocycles. The van der Waals surface area contributed by atoms with E-state index < -0.39 is 0 Å². The lowest BCUT2D eigenvalue weighted by Crippen LogP contribution is -2.36. The zero-order valence-corrected chi connectivity index (χ0v) is 19.0. The standard InChI is InChI=1S/C22H28N6O4/c1-13(27-7-6-14-8-18(29-2)19(30-3)9-15(14)12-27)28-25-22(24-26-28)16-10-20(31-4)21(32-5)11-17(16)23/h8-11,13H,6-7,12,23H2,1-5H3. The summed E-state index contributed by atoms with van der Waals surface area (Å²) in [5.41, 5.74) is 9.79. The number of hydrogen-bond acceptors (Lipinski definition) is 9. The van der Waals surface area contributed by atoms with Gasteiger partial charge in [-0.25, -0.2) is 0 Å². The normalized spacial score (nSPS) is 14.5. The lowest BCUT2D eigenvalue weighted by Gasteiger charge is -2.33. The molecule has 170 valence electrons. The number of ether oxygens (including phenoxy) is 4. The van der Waals surface area contributed by atoms with Crippen molar-refractivity contribution >= 4 is 5.69 Å². The molecule has 0 amide bonds. The number of rotatable bonds is 7. The Hall–Kier alpha value is -3.53. The minimum absolute atomic E-state index is 0.0983. The Morgan fingerprint density at radius 3 is 2.12 bits per heavy atom. The number of anilines is 1. The second-order valence-corrected chi connectivity index (χ2v) is 7.56. The smallest absolute Gasteiger partial charge is 0.207 e. The van der Waals surface area contributed by atoms with Gasteiger partial charge < -0.3 is 24.7 Å². The van der Waals surface area contributed by atoms with Crippen LogP contribution in [0.15, 0.2) is 24.3 Å². The van der Waals surface area contributed by atoms with Gasteiger partial charge in [-0.15, -0.1) is 15.0 Å². The van der Waals surface area contributed by atoms with Crippen LogP contribution in [0, 0.1) is 0 Å². The summed E-state index contributed by atoms with van der Waals surface area (Å²) in [6.45, 7) is 3.65. The Morgan fingerprint density at radius 1 is 0.875 bits per heavy atom. The molecule has 10 heteroatoms. The molecule has 0 fully saturated rings. The van der Waals surface area contributed by atoms with E-state index in [0.29, 0.717) is 28.6 Å². The topological polar surface area (TPSA) is 110 Å². The molecule has 32 heavy (non-hydrogen) atoms. The molecular formula is C22H28N6O4. The molecule has 0 saturated carbocycles. The van der Waals surface area contributed by atoms with E-state index in [4.69, 9.17) is 24.7 Å². The van der Waals surface area contributed by atoms with Crippen molar-refractivity contribution in [2.45, 2.75) is 26.1 Å². The fourth-order valence-electron chi connectivity index (χ4n) is 3.95. The van der Waals surface area contributed by atoms with Crippen molar-refractivity contribution in [3.8, 4) is 34.4 Å². The van der Waals surface area contributed by atoms with E-state index in [1.54, 1.807) is 45.4 Å². The molecule has 4 rings (SSSR count). The molecule has 3 aromatic rings. The number of nitrogens with two attached hydrogens (primary N) is 1. The number of nitrogen functional groups attached to an aromatic ring is 1. The van der Waals surface area contributed by atoms with E-state index >= 15 is 0 Å². The molecule has 0 saturated heterocycles. The molecule has 1 aliphatic heterocycles. The van der Waals surface area contributed by atoms with Gasteiger partial charge in [-0.3, -0.25) is 4.90 Å². The van der Waals surface area contributed by atoms with Crippen LogP contribution < -0.4 is 24.7 Å². The zero-order valence-electron chi connectivity index (χ0n) is 19.0. The molecule has 0 spiro atoms. The SMILES string of the molecule is COc1cc(N)c(-c2nnn(C(C)N3CCc4cc(OC)c(OC)cc4C3)n2)cc1OC. The van der Waals surface area contributed by atoms with Gasteiger partial charge in [0.25, 0.3) is 0 Å². The number of nitrogens with zero attached hydrogens (tertiary/aromatic N) is 5. The van der Waals surface area contributed by atoms with Crippen LogP contribution in [0.5, 0.6) is 23.0 Å². The average molecular weight is 441 g/mol. The van der Waals surface area contributed by atoms with E-state index in [1.807, 2.05) is 6.07 Å². The first-order chi connectivity index (χ1) is 15.5. The lowest BCUT2D eigenvalue weighted by atomic mass is 9.98. The van der Waals surface area contributed by atoms with E-state index in [9.17, 15) is 0 Å². The summed E-state index contributed by atoms with van der Waals surface area (Å²) in [6, 6.07) is 7.55. The van der Waals surface area contributed by atoms with Crippen molar-refractivity contribution in [1.82, 2.24) is 25.1 Å². The van der Waals surface area contributed by atoms with Gasteiger partial charge in [0, 0.05) is 30.4 Å². The molecule has 2 aromatic carbocycles. The van der Waals surface area contributed by atoms with Crippen LogP contribution in [-0.4, -0.2) is 60.1 Å². The van der Waals surface area contributed by atoms with Gasteiger partial charge in [0.05, 0.1) is 28.4 Å². The summed E-state index contributed by atoms with van der Waals surface area (Å²) in [5, 5.41) is 13.1. The molecule has 1 aromatic heterocycles. The Balaban J connectivity index is 1.57. The fourth-order valence-corrected chi connectivity index (χ4v) is 3.95. The third-order valence-corrected chi connectivity index (χ3v) is 5.84. The fraction of sp³-hybridized carbons (Fsp3) is 0.409. The third-order valence-electron chi connectivity index (χ3n) is 5.84. The highest BCUT2D eigenvalue weighted by Gasteiger charge is 2.25. The van der Waals surface area contributed by atoms with Crippen molar-refractivity contribution in [1.29, 1.82) is 0 Å². The Bertz CT molecular complexity index is 1120. The first-order valence-electron chi connectivity index (χ1n) is 10.3. The van der Waals surface area contributed by atoms with Crippen LogP contribution in [0.2, 0.25) is 0 Å². The molecule has 1 atom stereocenters. The minimum atomic E-state index is -0.0983. The summed E-state index contributed by atoms with van der Waals surface area (Å²) < 4.78 is 21.6. The van der Waals surface area contributed by atoms with Crippen LogP contribution in [0.3, 0.4) is 0 Å². The Kier molecular flexibility index (Phi) is 6.04. The van der Waals surface area contributed by atoms with Crippen LogP contribution in [0.1, 0.15) is 24.2 Å². The maximum atomic E-state index is 6.20. The van der Waals surface area contributed by atoms with Gasteiger partial charge in [0.1, 0.15) is 6.17 Å². The van der Waals surface area contributed by atoms with Crippen molar-refractivity contribution in [2.75, 3.05) is 40.7 Å². The quantitative estimate of drug-likeness (QED) is 0.554. The largest absolute Gasteiger partial charge is 0.493 e. The molecular weight excluding hydrogens is 412 g/mol. The Morgan fingerprint density at radius 2 is 1.47 bits per heavy atom. The molecule has 0 bridgehead atoms. The van der Waals surface area contributed by atoms with E-state index in [0.717, 1.165) is 31.0 Å².